The molecule has 0 radical (unpaired) electrons. The minimum atomic E-state index is -0.239. The van der Waals surface area contributed by atoms with Gasteiger partial charge in [-0.1, -0.05) is 48.5 Å². The van der Waals surface area contributed by atoms with Crippen LogP contribution in [0.25, 0.3) is 0 Å². The molecule has 5 heteroatoms. The molecule has 1 heterocycles. The number of rotatable bonds is 6. The van der Waals surface area contributed by atoms with Gasteiger partial charge in [-0.2, -0.15) is 4.98 Å². The highest BCUT2D eigenvalue weighted by Crippen LogP contribution is 2.18. The average molecular weight is 322 g/mol. The molecule has 3 rings (SSSR count). The van der Waals surface area contributed by atoms with E-state index in [0.717, 1.165) is 5.82 Å². The quantitative estimate of drug-likeness (QED) is 0.706. The number of nitrogens with zero attached hydrogens (tertiary/aromatic N) is 2. The third-order valence-corrected chi connectivity index (χ3v) is 3.71. The molecule has 0 aliphatic rings. The summed E-state index contributed by atoms with van der Waals surface area (Å²) in [5, 5.41) is 6.40. The van der Waals surface area contributed by atoms with Gasteiger partial charge in [0.25, 0.3) is 0 Å². The molecule has 122 valence electrons. The van der Waals surface area contributed by atoms with Gasteiger partial charge in [-0.25, -0.2) is 9.37 Å². The Balaban J connectivity index is 1.65. The third kappa shape index (κ3) is 4.07. The molecule has 0 saturated heterocycles. The number of benzene rings is 2. The molecule has 1 aromatic heterocycles. The van der Waals surface area contributed by atoms with Crippen LogP contribution < -0.4 is 10.6 Å². The maximum Gasteiger partial charge on any atom is 0.224 e. The van der Waals surface area contributed by atoms with Gasteiger partial charge in [0.15, 0.2) is 0 Å². The van der Waals surface area contributed by atoms with Crippen molar-refractivity contribution in [2.24, 2.45) is 0 Å². The molecule has 0 aliphatic carbocycles. The Bertz CT molecular complexity index is 792. The van der Waals surface area contributed by atoms with Crippen molar-refractivity contribution in [2.45, 2.75) is 19.5 Å². The highest BCUT2D eigenvalue weighted by atomic mass is 19.1. The second-order valence-corrected chi connectivity index (χ2v) is 5.49. The van der Waals surface area contributed by atoms with Crippen LogP contribution in [0.5, 0.6) is 0 Å². The van der Waals surface area contributed by atoms with Crippen LogP contribution in [0.3, 0.4) is 0 Å². The van der Waals surface area contributed by atoms with Gasteiger partial charge >= 0.3 is 0 Å². The van der Waals surface area contributed by atoms with Crippen LogP contribution in [-0.2, 0) is 6.54 Å². The fourth-order valence-electron chi connectivity index (χ4n) is 2.39. The van der Waals surface area contributed by atoms with E-state index in [9.17, 15) is 4.39 Å². The second-order valence-electron chi connectivity index (χ2n) is 5.49. The van der Waals surface area contributed by atoms with Crippen molar-refractivity contribution in [3.63, 3.8) is 0 Å². The van der Waals surface area contributed by atoms with Gasteiger partial charge < -0.3 is 10.6 Å². The normalized spacial score (nSPS) is 11.8. The lowest BCUT2D eigenvalue weighted by Gasteiger charge is -2.15. The lowest BCUT2D eigenvalue weighted by atomic mass is 10.1. The summed E-state index contributed by atoms with van der Waals surface area (Å²) in [6, 6.07) is 18.7. The first-order chi connectivity index (χ1) is 11.7. The standard InChI is InChI=1S/C19H19FN4/c1-14(15-7-3-2-4-8-15)23-18-11-12-21-19(24-18)22-13-16-9-5-6-10-17(16)20/h2-12,14H,13H2,1H3,(H2,21,22,23,24). The molecule has 4 nitrogen and oxygen atoms in total. The molecule has 2 N–H and O–H groups in total. The Hall–Kier alpha value is -2.95. The Labute approximate surface area is 140 Å². The monoisotopic (exact) mass is 322 g/mol. The molecule has 1 unspecified atom stereocenters. The Morgan fingerprint density at radius 1 is 1.00 bits per heavy atom. The second kappa shape index (κ2) is 7.55. The minimum absolute atomic E-state index is 0.125. The molecule has 0 amide bonds. The van der Waals surface area contributed by atoms with Crippen molar-refractivity contribution in [1.82, 2.24) is 9.97 Å². The van der Waals surface area contributed by atoms with Gasteiger partial charge in [0.1, 0.15) is 11.6 Å². The molecule has 0 saturated carbocycles. The summed E-state index contributed by atoms with van der Waals surface area (Å²) >= 11 is 0. The van der Waals surface area contributed by atoms with Crippen molar-refractivity contribution >= 4 is 11.8 Å². The summed E-state index contributed by atoms with van der Waals surface area (Å²) in [5.74, 6) is 0.942. The zero-order chi connectivity index (χ0) is 16.8. The van der Waals surface area contributed by atoms with Gasteiger partial charge in [0, 0.05) is 24.3 Å². The van der Waals surface area contributed by atoms with Crippen LogP contribution in [0.4, 0.5) is 16.2 Å². The predicted molar refractivity (Wildman–Crippen MR) is 94.2 cm³/mol. The van der Waals surface area contributed by atoms with Gasteiger partial charge in [-0.05, 0) is 24.6 Å². The SMILES string of the molecule is CC(Nc1ccnc(NCc2ccccc2F)n1)c1ccccc1. The van der Waals surface area contributed by atoms with Gasteiger partial charge in [-0.15, -0.1) is 0 Å². The molecular weight excluding hydrogens is 303 g/mol. The van der Waals surface area contributed by atoms with E-state index in [4.69, 9.17) is 0 Å². The van der Waals surface area contributed by atoms with E-state index in [2.05, 4.69) is 39.7 Å². The molecule has 0 aliphatic heterocycles. The first-order valence-electron chi connectivity index (χ1n) is 7.84. The summed E-state index contributed by atoms with van der Waals surface area (Å²) in [4.78, 5) is 8.61. The zero-order valence-electron chi connectivity index (χ0n) is 13.4. The number of hydrogen-bond donors (Lipinski definition) is 2. The predicted octanol–water partition coefficient (Wildman–Crippen LogP) is 4.40. The molecule has 0 bridgehead atoms. The van der Waals surface area contributed by atoms with Crippen molar-refractivity contribution in [3.8, 4) is 0 Å². The third-order valence-electron chi connectivity index (χ3n) is 3.71. The van der Waals surface area contributed by atoms with Crippen molar-refractivity contribution < 1.29 is 4.39 Å². The van der Waals surface area contributed by atoms with E-state index in [1.165, 1.54) is 11.6 Å². The van der Waals surface area contributed by atoms with E-state index in [1.807, 2.05) is 24.3 Å². The number of aromatic nitrogens is 2. The summed E-state index contributed by atoms with van der Waals surface area (Å²) in [5.41, 5.74) is 1.76. The molecule has 1 atom stereocenters. The first kappa shape index (κ1) is 15.9. The topological polar surface area (TPSA) is 49.8 Å². The highest BCUT2D eigenvalue weighted by Gasteiger charge is 2.07. The lowest BCUT2D eigenvalue weighted by molar-refractivity contribution is 0.612. The Kier molecular flexibility index (Phi) is 5.01. The summed E-state index contributed by atoms with van der Waals surface area (Å²) in [6.45, 7) is 2.41. The van der Waals surface area contributed by atoms with E-state index in [1.54, 1.807) is 24.4 Å². The van der Waals surface area contributed by atoms with Crippen molar-refractivity contribution in [3.05, 3.63) is 83.8 Å². The van der Waals surface area contributed by atoms with Crippen molar-refractivity contribution in [2.75, 3.05) is 10.6 Å². The van der Waals surface area contributed by atoms with Gasteiger partial charge in [0.05, 0.1) is 0 Å². The number of anilines is 2. The van der Waals surface area contributed by atoms with Crippen LogP contribution in [0, 0.1) is 5.82 Å². The molecule has 3 aromatic rings. The lowest BCUT2D eigenvalue weighted by Crippen LogP contribution is -2.10. The summed E-state index contributed by atoms with van der Waals surface area (Å²) in [6.07, 6.45) is 1.68. The van der Waals surface area contributed by atoms with Crippen LogP contribution in [0.2, 0.25) is 0 Å². The molecular formula is C19H19FN4. The summed E-state index contributed by atoms with van der Waals surface area (Å²) < 4.78 is 13.6. The van der Waals surface area contributed by atoms with Gasteiger partial charge in [-0.3, -0.25) is 0 Å². The van der Waals surface area contributed by atoms with Crippen LogP contribution >= 0.6 is 0 Å². The maximum atomic E-state index is 13.6. The van der Waals surface area contributed by atoms with E-state index >= 15 is 0 Å². The van der Waals surface area contributed by atoms with Crippen molar-refractivity contribution in [1.29, 1.82) is 0 Å². The summed E-state index contributed by atoms with van der Waals surface area (Å²) in [7, 11) is 0. The Morgan fingerprint density at radius 3 is 2.54 bits per heavy atom. The minimum Gasteiger partial charge on any atom is -0.363 e. The molecule has 2 aromatic carbocycles. The van der Waals surface area contributed by atoms with Crippen LogP contribution in [0.1, 0.15) is 24.1 Å². The maximum absolute atomic E-state index is 13.6. The van der Waals surface area contributed by atoms with Crippen LogP contribution in [-0.4, -0.2) is 9.97 Å². The van der Waals surface area contributed by atoms with E-state index < -0.39 is 0 Å². The fourth-order valence-corrected chi connectivity index (χ4v) is 2.39. The van der Waals surface area contributed by atoms with Gasteiger partial charge in [0.2, 0.25) is 5.95 Å². The van der Waals surface area contributed by atoms with E-state index in [-0.39, 0.29) is 11.9 Å². The fraction of sp³-hybridized carbons (Fsp3) is 0.158. The molecule has 0 fully saturated rings. The smallest absolute Gasteiger partial charge is 0.224 e. The van der Waals surface area contributed by atoms with E-state index in [0.29, 0.717) is 18.1 Å². The number of nitrogens with one attached hydrogen (secondary N) is 2. The number of halogens is 1. The Morgan fingerprint density at radius 2 is 1.75 bits per heavy atom. The first-order valence-corrected chi connectivity index (χ1v) is 7.84. The molecule has 24 heavy (non-hydrogen) atoms. The average Bonchev–Trinajstić information content (AvgIpc) is 2.62. The largest absolute Gasteiger partial charge is 0.363 e. The zero-order valence-corrected chi connectivity index (χ0v) is 13.4. The molecule has 0 spiro atoms. The number of hydrogen-bond acceptors (Lipinski definition) is 4. The highest BCUT2D eigenvalue weighted by molar-refractivity contribution is 5.42. The van der Waals surface area contributed by atoms with Crippen LogP contribution in [0.15, 0.2) is 66.9 Å².